The van der Waals surface area contributed by atoms with Gasteiger partial charge in [-0.3, -0.25) is 9.78 Å². The largest absolute Gasteiger partial charge is 0.352 e. The number of halogens is 2. The van der Waals surface area contributed by atoms with E-state index in [1.54, 1.807) is 30.6 Å². The number of nitrogens with zero attached hydrogens (tertiary/aromatic N) is 1. The molecule has 5 heteroatoms. The Bertz CT molecular complexity index is 575. The predicted molar refractivity (Wildman–Crippen MR) is 79.4 cm³/mol. The van der Waals surface area contributed by atoms with Crippen LogP contribution >= 0.6 is 27.5 Å². The molecular weight excluding hydrogens is 328 g/mol. The molecular formula is C14H12BrClN2O. The minimum absolute atomic E-state index is 0.166. The van der Waals surface area contributed by atoms with E-state index in [1.165, 1.54) is 0 Å². The maximum absolute atomic E-state index is 12.0. The number of aromatic nitrogens is 1. The van der Waals surface area contributed by atoms with Crippen LogP contribution in [0.5, 0.6) is 0 Å². The van der Waals surface area contributed by atoms with Gasteiger partial charge in [-0.15, -0.1) is 0 Å². The number of carbonyl (C=O) groups is 1. The molecule has 0 aliphatic heterocycles. The molecule has 0 saturated carbocycles. The number of carbonyl (C=O) groups excluding carboxylic acids is 1. The molecule has 19 heavy (non-hydrogen) atoms. The summed E-state index contributed by atoms with van der Waals surface area (Å²) >= 11 is 9.32. The lowest BCUT2D eigenvalue weighted by Crippen LogP contribution is -2.26. The molecule has 0 fully saturated rings. The molecule has 0 bridgehead atoms. The number of nitrogens with one attached hydrogen (secondary N) is 1. The first-order chi connectivity index (χ1) is 9.16. The number of rotatable bonds is 4. The fourth-order valence-corrected chi connectivity index (χ4v) is 2.20. The second kappa shape index (κ2) is 6.68. The third-order valence-electron chi connectivity index (χ3n) is 2.62. The predicted octanol–water partition coefficient (Wildman–Crippen LogP) is 3.47. The molecule has 98 valence electrons. The monoisotopic (exact) mass is 338 g/mol. The Hall–Kier alpha value is -1.39. The molecule has 2 rings (SSSR count). The van der Waals surface area contributed by atoms with Crippen LogP contribution < -0.4 is 5.32 Å². The molecule has 0 unspecified atom stereocenters. The van der Waals surface area contributed by atoms with Crippen LogP contribution in [-0.4, -0.2) is 17.4 Å². The summed E-state index contributed by atoms with van der Waals surface area (Å²) in [6.45, 7) is 0.561. The lowest BCUT2D eigenvalue weighted by atomic mass is 10.2. The van der Waals surface area contributed by atoms with Crippen LogP contribution in [0.15, 0.2) is 47.2 Å². The Labute approximate surface area is 125 Å². The third kappa shape index (κ3) is 4.04. The van der Waals surface area contributed by atoms with Crippen LogP contribution in [0.1, 0.15) is 15.9 Å². The molecule has 0 saturated heterocycles. The van der Waals surface area contributed by atoms with E-state index in [0.29, 0.717) is 17.1 Å². The Morgan fingerprint density at radius 1 is 1.26 bits per heavy atom. The highest BCUT2D eigenvalue weighted by molar-refractivity contribution is 9.10. The van der Waals surface area contributed by atoms with Gasteiger partial charge in [0.2, 0.25) is 0 Å². The van der Waals surface area contributed by atoms with Gasteiger partial charge in [0.15, 0.2) is 0 Å². The van der Waals surface area contributed by atoms with E-state index in [4.69, 9.17) is 11.6 Å². The summed E-state index contributed by atoms with van der Waals surface area (Å²) in [5.41, 5.74) is 1.61. The molecule has 0 atom stereocenters. The van der Waals surface area contributed by atoms with Gasteiger partial charge < -0.3 is 5.32 Å². The Kier molecular flexibility index (Phi) is 4.93. The first-order valence-corrected chi connectivity index (χ1v) is 6.96. The van der Waals surface area contributed by atoms with E-state index in [9.17, 15) is 4.79 Å². The van der Waals surface area contributed by atoms with Crippen LogP contribution in [0.4, 0.5) is 0 Å². The van der Waals surface area contributed by atoms with Crippen LogP contribution in [0.3, 0.4) is 0 Å². The molecule has 3 nitrogen and oxygen atoms in total. The van der Waals surface area contributed by atoms with Gasteiger partial charge in [-0.05, 0) is 42.3 Å². The smallest absolute Gasteiger partial charge is 0.252 e. The van der Waals surface area contributed by atoms with Gasteiger partial charge >= 0.3 is 0 Å². The Balaban J connectivity index is 1.93. The first-order valence-electron chi connectivity index (χ1n) is 5.79. The molecule has 0 aliphatic rings. The van der Waals surface area contributed by atoms with Crippen molar-refractivity contribution in [1.82, 2.24) is 10.3 Å². The van der Waals surface area contributed by atoms with Crippen molar-refractivity contribution >= 4 is 33.4 Å². The van der Waals surface area contributed by atoms with E-state index < -0.39 is 0 Å². The molecule has 0 aliphatic carbocycles. The van der Waals surface area contributed by atoms with E-state index in [0.717, 1.165) is 16.5 Å². The number of hydrogen-bond acceptors (Lipinski definition) is 2. The molecule has 1 N–H and O–H groups in total. The highest BCUT2D eigenvalue weighted by Gasteiger charge is 2.10. The van der Waals surface area contributed by atoms with Crippen molar-refractivity contribution in [2.45, 2.75) is 6.42 Å². The van der Waals surface area contributed by atoms with Gasteiger partial charge in [0.05, 0.1) is 10.6 Å². The van der Waals surface area contributed by atoms with E-state index >= 15 is 0 Å². The van der Waals surface area contributed by atoms with Crippen molar-refractivity contribution in [3.05, 3.63) is 63.3 Å². The van der Waals surface area contributed by atoms with Crippen molar-refractivity contribution in [3.63, 3.8) is 0 Å². The topological polar surface area (TPSA) is 42.0 Å². The van der Waals surface area contributed by atoms with Crippen molar-refractivity contribution < 1.29 is 4.79 Å². The summed E-state index contributed by atoms with van der Waals surface area (Å²) in [4.78, 5) is 15.9. The standard InChI is InChI=1S/C14H12BrClN2O/c15-11-1-2-13(16)12(9-11)14(19)18-8-5-10-3-6-17-7-4-10/h1-4,6-7,9H,5,8H2,(H,18,19). The SMILES string of the molecule is O=C(NCCc1ccncc1)c1cc(Br)ccc1Cl. The third-order valence-corrected chi connectivity index (χ3v) is 3.44. The number of benzene rings is 1. The van der Waals surface area contributed by atoms with Crippen molar-refractivity contribution in [1.29, 1.82) is 0 Å². The van der Waals surface area contributed by atoms with Gasteiger partial charge in [0, 0.05) is 23.4 Å². The lowest BCUT2D eigenvalue weighted by molar-refractivity contribution is 0.0954. The normalized spacial score (nSPS) is 10.2. The summed E-state index contributed by atoms with van der Waals surface area (Å²) in [5.74, 6) is -0.166. The summed E-state index contributed by atoms with van der Waals surface area (Å²) in [6.07, 6.45) is 4.24. The fraction of sp³-hybridized carbons (Fsp3) is 0.143. The summed E-state index contributed by atoms with van der Waals surface area (Å²) in [7, 11) is 0. The molecule has 1 heterocycles. The lowest BCUT2D eigenvalue weighted by Gasteiger charge is -2.07. The summed E-state index contributed by atoms with van der Waals surface area (Å²) in [5, 5.41) is 3.30. The highest BCUT2D eigenvalue weighted by atomic mass is 79.9. The zero-order valence-corrected chi connectivity index (χ0v) is 12.4. The maximum atomic E-state index is 12.0. The zero-order valence-electron chi connectivity index (χ0n) is 10.1. The van der Waals surface area contributed by atoms with Gasteiger partial charge in [-0.1, -0.05) is 27.5 Å². The van der Waals surface area contributed by atoms with Gasteiger partial charge in [-0.2, -0.15) is 0 Å². The number of hydrogen-bond donors (Lipinski definition) is 1. The van der Waals surface area contributed by atoms with E-state index in [-0.39, 0.29) is 5.91 Å². The van der Waals surface area contributed by atoms with Gasteiger partial charge in [-0.25, -0.2) is 0 Å². The number of amides is 1. The minimum Gasteiger partial charge on any atom is -0.352 e. The molecule has 1 amide bonds. The minimum atomic E-state index is -0.166. The van der Waals surface area contributed by atoms with Crippen LogP contribution in [0, 0.1) is 0 Å². The van der Waals surface area contributed by atoms with Gasteiger partial charge in [0.1, 0.15) is 0 Å². The van der Waals surface area contributed by atoms with E-state index in [2.05, 4.69) is 26.2 Å². The van der Waals surface area contributed by atoms with Crippen LogP contribution in [0.25, 0.3) is 0 Å². The molecule has 1 aromatic heterocycles. The van der Waals surface area contributed by atoms with Crippen LogP contribution in [-0.2, 0) is 6.42 Å². The summed E-state index contributed by atoms with van der Waals surface area (Å²) in [6, 6.07) is 9.07. The highest BCUT2D eigenvalue weighted by Crippen LogP contribution is 2.20. The Morgan fingerprint density at radius 3 is 2.74 bits per heavy atom. The second-order valence-electron chi connectivity index (χ2n) is 3.99. The number of pyridine rings is 1. The quantitative estimate of drug-likeness (QED) is 0.927. The van der Waals surface area contributed by atoms with Crippen molar-refractivity contribution in [2.24, 2.45) is 0 Å². The summed E-state index contributed by atoms with van der Waals surface area (Å²) < 4.78 is 0.830. The van der Waals surface area contributed by atoms with E-state index in [1.807, 2.05) is 12.1 Å². The molecule has 0 spiro atoms. The van der Waals surface area contributed by atoms with Crippen LogP contribution in [0.2, 0.25) is 5.02 Å². The average Bonchev–Trinajstić information content (AvgIpc) is 2.42. The van der Waals surface area contributed by atoms with Crippen molar-refractivity contribution in [3.8, 4) is 0 Å². The van der Waals surface area contributed by atoms with Gasteiger partial charge in [0.25, 0.3) is 5.91 Å². The molecule has 1 aromatic carbocycles. The molecule has 0 radical (unpaired) electrons. The fourth-order valence-electron chi connectivity index (χ4n) is 1.64. The first kappa shape index (κ1) is 14.0. The maximum Gasteiger partial charge on any atom is 0.252 e. The van der Waals surface area contributed by atoms with Crippen molar-refractivity contribution in [2.75, 3.05) is 6.54 Å². The zero-order chi connectivity index (χ0) is 13.7. The molecule has 2 aromatic rings. The Morgan fingerprint density at radius 2 is 2.00 bits per heavy atom. The second-order valence-corrected chi connectivity index (χ2v) is 5.31. The average molecular weight is 340 g/mol.